The molecular weight excluding hydrogens is 211 g/mol. The van der Waals surface area contributed by atoms with Crippen molar-refractivity contribution in [3.8, 4) is 0 Å². The van der Waals surface area contributed by atoms with Gasteiger partial charge in [-0.1, -0.05) is 84.0 Å². The van der Waals surface area contributed by atoms with Gasteiger partial charge in [-0.05, 0) is 12.6 Å². The van der Waals surface area contributed by atoms with Crippen LogP contribution in [0, 0.1) is 6.16 Å². The molecule has 0 aliphatic heterocycles. The summed E-state index contributed by atoms with van der Waals surface area (Å²) in [4.78, 5) is 0. The second kappa shape index (κ2) is 15.4. The van der Waals surface area contributed by atoms with E-state index in [1.54, 1.807) is 0 Å². The lowest BCUT2D eigenvalue weighted by Crippen LogP contribution is -1.82. The van der Waals surface area contributed by atoms with Crippen LogP contribution in [-0.4, -0.2) is 0 Å². The highest BCUT2D eigenvalue weighted by molar-refractivity contribution is 7.19. The molecule has 0 nitrogen and oxygen atoms in total. The minimum atomic E-state index is 1.28. The van der Waals surface area contributed by atoms with Gasteiger partial charge in [0.1, 0.15) is 0 Å². The van der Waals surface area contributed by atoms with Crippen LogP contribution in [0.25, 0.3) is 0 Å². The van der Waals surface area contributed by atoms with Gasteiger partial charge in [0.05, 0.1) is 0 Å². The first-order valence-corrected chi connectivity index (χ1v) is 8.12. The molecule has 16 heavy (non-hydrogen) atoms. The van der Waals surface area contributed by atoms with Gasteiger partial charge in [-0.3, -0.25) is 0 Å². The maximum atomic E-state index is 2.69. The lowest BCUT2D eigenvalue weighted by atomic mass is 10.1. The molecule has 0 aromatic heterocycles. The third-order valence-electron chi connectivity index (χ3n) is 3.22. The van der Waals surface area contributed by atoms with E-state index < -0.39 is 0 Å². The first-order chi connectivity index (χ1) is 7.91. The molecule has 0 spiro atoms. The molecule has 0 aromatic carbocycles. The number of hydrogen-bond acceptors (Lipinski definition) is 0. The van der Waals surface area contributed by atoms with Crippen molar-refractivity contribution >= 4 is 9.24 Å². The Morgan fingerprint density at radius 1 is 0.625 bits per heavy atom. The normalized spacial score (nSPS) is 10.9. The van der Waals surface area contributed by atoms with E-state index in [0.29, 0.717) is 0 Å². The molecule has 1 radical (unpaired) electrons. The molecule has 0 fully saturated rings. The van der Waals surface area contributed by atoms with Crippen LogP contribution in [0.4, 0.5) is 0 Å². The van der Waals surface area contributed by atoms with Crippen LogP contribution in [-0.2, 0) is 0 Å². The van der Waals surface area contributed by atoms with Gasteiger partial charge < -0.3 is 0 Å². The highest BCUT2D eigenvalue weighted by Crippen LogP contribution is 2.13. The second-order valence-corrected chi connectivity index (χ2v) is 5.38. The third-order valence-corrected chi connectivity index (χ3v) is 3.56. The number of hydrogen-bond donors (Lipinski definition) is 0. The molecule has 0 saturated heterocycles. The molecule has 0 aliphatic rings. The van der Waals surface area contributed by atoms with Crippen LogP contribution in [0.15, 0.2) is 0 Å². The molecule has 1 heteroatoms. The summed E-state index contributed by atoms with van der Waals surface area (Å²) in [7, 11) is 2.69. The van der Waals surface area contributed by atoms with Crippen LogP contribution in [0.2, 0.25) is 0 Å². The summed E-state index contributed by atoms with van der Waals surface area (Å²) >= 11 is 0. The molecular formula is C15H32P. The Bertz CT molecular complexity index is 98.0. The highest BCUT2D eigenvalue weighted by atomic mass is 31.0. The summed E-state index contributed by atoms with van der Waals surface area (Å²) in [6.07, 6.45) is 20.9. The zero-order valence-electron chi connectivity index (χ0n) is 11.3. The first-order valence-electron chi connectivity index (χ1n) is 7.45. The molecule has 0 heterocycles. The maximum Gasteiger partial charge on any atom is -0.0201 e. The van der Waals surface area contributed by atoms with Crippen molar-refractivity contribution in [1.82, 2.24) is 0 Å². The van der Waals surface area contributed by atoms with E-state index in [9.17, 15) is 0 Å². The van der Waals surface area contributed by atoms with E-state index in [1.807, 2.05) is 0 Å². The lowest BCUT2D eigenvalue weighted by molar-refractivity contribution is 0.544. The summed E-state index contributed by atoms with van der Waals surface area (Å²) in [5.74, 6) is 0. The maximum absolute atomic E-state index is 2.69. The third kappa shape index (κ3) is 14.4. The smallest absolute Gasteiger partial charge is 0.0201 e. The van der Waals surface area contributed by atoms with Crippen molar-refractivity contribution in [3.63, 3.8) is 0 Å². The van der Waals surface area contributed by atoms with Gasteiger partial charge in [-0.2, -0.15) is 0 Å². The average Bonchev–Trinajstić information content (AvgIpc) is 2.31. The highest BCUT2D eigenvalue weighted by Gasteiger charge is 1.92. The predicted molar refractivity (Wildman–Crippen MR) is 79.7 cm³/mol. The minimum absolute atomic E-state index is 1.28. The summed E-state index contributed by atoms with van der Waals surface area (Å²) < 4.78 is 0. The summed E-state index contributed by atoms with van der Waals surface area (Å²) in [6, 6.07) is 0. The van der Waals surface area contributed by atoms with E-state index in [1.165, 1.54) is 83.5 Å². The van der Waals surface area contributed by atoms with E-state index in [0.717, 1.165) is 0 Å². The minimum Gasteiger partial charge on any atom is -0.134 e. The van der Waals surface area contributed by atoms with Gasteiger partial charge in [0.2, 0.25) is 0 Å². The quantitative estimate of drug-likeness (QED) is 0.270. The molecule has 0 N–H and O–H groups in total. The van der Waals surface area contributed by atoms with E-state index in [2.05, 4.69) is 22.3 Å². The van der Waals surface area contributed by atoms with E-state index in [4.69, 9.17) is 0 Å². The van der Waals surface area contributed by atoms with Crippen LogP contribution in [0.5, 0.6) is 0 Å². The summed E-state index contributed by atoms with van der Waals surface area (Å²) in [6.45, 7) is 2.29. The van der Waals surface area contributed by atoms with Crippen molar-refractivity contribution in [1.29, 1.82) is 0 Å². The Hall–Kier alpha value is 0.430. The molecule has 0 saturated carbocycles. The molecule has 0 aromatic rings. The van der Waals surface area contributed by atoms with Crippen LogP contribution < -0.4 is 0 Å². The second-order valence-electron chi connectivity index (χ2n) is 4.91. The van der Waals surface area contributed by atoms with Gasteiger partial charge >= 0.3 is 0 Å². The van der Waals surface area contributed by atoms with E-state index >= 15 is 0 Å². The molecule has 0 rings (SSSR count). The molecule has 1 unspecified atom stereocenters. The zero-order chi connectivity index (χ0) is 11.9. The Kier molecular flexibility index (Phi) is 15.8. The zero-order valence-corrected chi connectivity index (χ0v) is 12.5. The van der Waals surface area contributed by atoms with Gasteiger partial charge in [0, 0.05) is 0 Å². The van der Waals surface area contributed by atoms with Crippen LogP contribution >= 0.6 is 9.24 Å². The van der Waals surface area contributed by atoms with Crippen molar-refractivity contribution in [2.75, 3.05) is 0 Å². The number of unbranched alkanes of at least 4 members (excludes halogenated alkanes) is 12. The fourth-order valence-electron chi connectivity index (χ4n) is 2.10. The van der Waals surface area contributed by atoms with Crippen molar-refractivity contribution in [2.24, 2.45) is 0 Å². The van der Waals surface area contributed by atoms with Gasteiger partial charge in [-0.25, -0.2) is 0 Å². The summed E-state index contributed by atoms with van der Waals surface area (Å²) in [5.41, 5.74) is 0. The fraction of sp³-hybridized carbons (Fsp3) is 0.933. The van der Waals surface area contributed by atoms with Crippen molar-refractivity contribution in [3.05, 3.63) is 6.16 Å². The van der Waals surface area contributed by atoms with Gasteiger partial charge in [-0.15, -0.1) is 9.24 Å². The Morgan fingerprint density at radius 3 is 1.38 bits per heavy atom. The SMILES string of the molecule is CCCCCCCCCCCCCC[CH]P. The first kappa shape index (κ1) is 16.4. The van der Waals surface area contributed by atoms with E-state index in [-0.39, 0.29) is 0 Å². The monoisotopic (exact) mass is 243 g/mol. The number of rotatable bonds is 13. The van der Waals surface area contributed by atoms with Crippen LogP contribution in [0.3, 0.4) is 0 Å². The topological polar surface area (TPSA) is 0 Å². The van der Waals surface area contributed by atoms with Crippen molar-refractivity contribution in [2.45, 2.75) is 90.4 Å². The molecule has 0 amide bonds. The van der Waals surface area contributed by atoms with Gasteiger partial charge in [0.15, 0.2) is 0 Å². The molecule has 97 valence electrons. The lowest BCUT2D eigenvalue weighted by Gasteiger charge is -2.02. The summed E-state index contributed by atoms with van der Waals surface area (Å²) in [5, 5.41) is 0. The van der Waals surface area contributed by atoms with Crippen LogP contribution in [0.1, 0.15) is 90.4 Å². The largest absolute Gasteiger partial charge is 0.134 e. The molecule has 1 atom stereocenters. The Balaban J connectivity index is 2.83. The standard InChI is InChI=1S/C15H32P/c1-2-3-4-5-6-7-8-9-10-11-12-13-14-15-16/h15H,2-14,16H2,1H3. The molecule has 0 aliphatic carbocycles. The van der Waals surface area contributed by atoms with Gasteiger partial charge in [0.25, 0.3) is 0 Å². The Labute approximate surface area is 106 Å². The van der Waals surface area contributed by atoms with Crippen molar-refractivity contribution < 1.29 is 0 Å². The molecule has 0 bridgehead atoms. The average molecular weight is 243 g/mol. The predicted octanol–water partition coefficient (Wildman–Crippen LogP) is 6.11. The fourth-order valence-corrected chi connectivity index (χ4v) is 2.34. The Morgan fingerprint density at radius 2 is 1.00 bits per heavy atom.